The van der Waals surface area contributed by atoms with Crippen molar-refractivity contribution in [1.82, 2.24) is 4.90 Å². The van der Waals surface area contributed by atoms with Crippen molar-refractivity contribution < 1.29 is 0 Å². The molecule has 0 aliphatic carbocycles. The second-order valence-electron chi connectivity index (χ2n) is 13.7. The molecule has 2 aliphatic rings. The maximum atomic E-state index is 5.41. The number of allylic oxidation sites excluding steroid dienone is 2. The van der Waals surface area contributed by atoms with Gasteiger partial charge in [0, 0.05) is 36.3 Å². The normalized spacial score (nSPS) is 16.9. The Morgan fingerprint density at radius 3 is 1.69 bits per heavy atom. The second kappa shape index (κ2) is 13.4. The van der Waals surface area contributed by atoms with Crippen molar-refractivity contribution in [3.63, 3.8) is 0 Å². The lowest BCUT2D eigenvalue weighted by Crippen LogP contribution is -2.30. The van der Waals surface area contributed by atoms with Gasteiger partial charge in [-0.25, -0.2) is 0 Å². The predicted octanol–water partition coefficient (Wildman–Crippen LogP) is 11.6. The number of likely N-dealkylation sites (N-methyl/N-ethyl adjacent to an activating group) is 1. The first kappa shape index (κ1) is 31.5. The summed E-state index contributed by atoms with van der Waals surface area (Å²) in [5.41, 5.74) is 14.2. The number of anilines is 1. The van der Waals surface area contributed by atoms with Crippen LogP contribution in [0.5, 0.6) is 0 Å². The van der Waals surface area contributed by atoms with Gasteiger partial charge in [0.15, 0.2) is 0 Å². The molecule has 0 saturated heterocycles. The topological polar surface area (TPSA) is 18.8 Å². The number of benzene rings is 7. The van der Waals surface area contributed by atoms with E-state index < -0.39 is 0 Å². The minimum Gasteiger partial charge on any atom is -0.364 e. The molecule has 2 heterocycles. The van der Waals surface area contributed by atoms with Crippen molar-refractivity contribution in [3.05, 3.63) is 221 Å². The molecule has 2 atom stereocenters. The van der Waals surface area contributed by atoms with Gasteiger partial charge in [0.25, 0.3) is 0 Å². The fourth-order valence-electron chi connectivity index (χ4n) is 7.83. The Kier molecular flexibility index (Phi) is 8.09. The Labute approximate surface area is 306 Å². The Morgan fingerprint density at radius 1 is 0.462 bits per heavy atom. The molecule has 7 aromatic carbocycles. The first-order valence-electron chi connectivity index (χ1n) is 18.0. The Bertz CT molecular complexity index is 2460. The molecule has 250 valence electrons. The van der Waals surface area contributed by atoms with Crippen LogP contribution in [0.4, 0.5) is 5.69 Å². The molecule has 0 aromatic heterocycles. The van der Waals surface area contributed by atoms with Crippen LogP contribution in [-0.4, -0.2) is 24.7 Å². The lowest BCUT2D eigenvalue weighted by atomic mass is 9.91. The maximum absolute atomic E-state index is 5.41. The third-order valence-corrected chi connectivity index (χ3v) is 10.6. The van der Waals surface area contributed by atoms with Crippen molar-refractivity contribution in [2.45, 2.75) is 12.2 Å². The smallest absolute Gasteiger partial charge is 0.147 e. The van der Waals surface area contributed by atoms with Crippen molar-refractivity contribution >= 4 is 33.4 Å². The van der Waals surface area contributed by atoms with Gasteiger partial charge in [-0.05, 0) is 56.5 Å². The van der Waals surface area contributed by atoms with Crippen LogP contribution in [0.2, 0.25) is 0 Å². The van der Waals surface area contributed by atoms with Gasteiger partial charge < -0.3 is 9.80 Å². The molecule has 7 aromatic rings. The Hall–Kier alpha value is -6.45. The molecule has 0 radical (unpaired) electrons. The molecular weight excluding hydrogens is 631 g/mol. The largest absolute Gasteiger partial charge is 0.364 e. The van der Waals surface area contributed by atoms with Crippen LogP contribution in [0.3, 0.4) is 0 Å². The minimum absolute atomic E-state index is 0.118. The lowest BCUT2D eigenvalue weighted by Gasteiger charge is -2.35. The Morgan fingerprint density at radius 2 is 1.02 bits per heavy atom. The molecule has 0 bridgehead atoms. The third-order valence-electron chi connectivity index (χ3n) is 10.6. The van der Waals surface area contributed by atoms with E-state index in [4.69, 9.17) is 4.99 Å². The highest BCUT2D eigenvalue weighted by molar-refractivity contribution is 6.20. The molecule has 2 unspecified atom stereocenters. The summed E-state index contributed by atoms with van der Waals surface area (Å²) in [4.78, 5) is 10.1. The first-order valence-corrected chi connectivity index (χ1v) is 18.0. The number of rotatable bonds is 6. The molecule has 0 amide bonds. The van der Waals surface area contributed by atoms with Crippen LogP contribution < -0.4 is 4.90 Å². The molecule has 3 heteroatoms. The summed E-state index contributed by atoms with van der Waals surface area (Å²) in [6, 6.07) is 63.2. The molecular formula is C49H39N3. The summed E-state index contributed by atoms with van der Waals surface area (Å²) in [5, 5.41) is 2.48. The fourth-order valence-corrected chi connectivity index (χ4v) is 7.83. The van der Waals surface area contributed by atoms with Crippen LogP contribution in [0.15, 0.2) is 193 Å². The van der Waals surface area contributed by atoms with E-state index in [-0.39, 0.29) is 12.2 Å². The minimum atomic E-state index is -0.118. The summed E-state index contributed by atoms with van der Waals surface area (Å²) in [5.74, 6) is 0. The molecule has 0 N–H and O–H groups in total. The van der Waals surface area contributed by atoms with Crippen LogP contribution in [-0.2, 0) is 0 Å². The van der Waals surface area contributed by atoms with Gasteiger partial charge >= 0.3 is 0 Å². The molecule has 52 heavy (non-hydrogen) atoms. The predicted molar refractivity (Wildman–Crippen MR) is 218 cm³/mol. The molecule has 0 spiro atoms. The van der Waals surface area contributed by atoms with E-state index in [1.807, 2.05) is 0 Å². The highest BCUT2D eigenvalue weighted by atomic mass is 15.2. The van der Waals surface area contributed by atoms with E-state index in [0.29, 0.717) is 0 Å². The summed E-state index contributed by atoms with van der Waals surface area (Å²) in [7, 11) is 4.36. The highest BCUT2D eigenvalue weighted by Crippen LogP contribution is 2.42. The zero-order valence-electron chi connectivity index (χ0n) is 29.4. The number of aliphatic imine (C=N–C) groups is 1. The van der Waals surface area contributed by atoms with E-state index in [2.05, 4.69) is 212 Å². The quantitative estimate of drug-likeness (QED) is 0.175. The maximum Gasteiger partial charge on any atom is 0.147 e. The van der Waals surface area contributed by atoms with Crippen LogP contribution in [0.25, 0.3) is 33.2 Å². The zero-order chi connectivity index (χ0) is 35.0. The second-order valence-corrected chi connectivity index (χ2v) is 13.7. The molecule has 2 aliphatic heterocycles. The van der Waals surface area contributed by atoms with E-state index in [1.165, 1.54) is 61.1 Å². The van der Waals surface area contributed by atoms with Gasteiger partial charge in [-0.1, -0.05) is 176 Å². The van der Waals surface area contributed by atoms with Crippen molar-refractivity contribution in [2.75, 3.05) is 19.0 Å². The third kappa shape index (κ3) is 5.71. The average Bonchev–Trinajstić information content (AvgIpc) is 3.22. The van der Waals surface area contributed by atoms with E-state index >= 15 is 0 Å². The van der Waals surface area contributed by atoms with E-state index in [0.717, 1.165) is 16.8 Å². The number of hydrogen-bond acceptors (Lipinski definition) is 3. The van der Waals surface area contributed by atoms with Gasteiger partial charge in [-0.2, -0.15) is 0 Å². The van der Waals surface area contributed by atoms with Gasteiger partial charge in [-0.15, -0.1) is 0 Å². The van der Waals surface area contributed by atoms with Crippen molar-refractivity contribution in [2.24, 2.45) is 4.99 Å². The summed E-state index contributed by atoms with van der Waals surface area (Å²) < 4.78 is 0. The fraction of sp³-hybridized carbons (Fsp3) is 0.0816. The number of nitrogens with zero attached hydrogens (tertiary/aromatic N) is 3. The van der Waals surface area contributed by atoms with Crippen LogP contribution in [0, 0.1) is 0 Å². The summed E-state index contributed by atoms with van der Waals surface area (Å²) >= 11 is 0. The molecule has 0 saturated carbocycles. The lowest BCUT2D eigenvalue weighted by molar-refractivity contribution is 0.413. The average molecular weight is 670 g/mol. The van der Waals surface area contributed by atoms with E-state index in [1.54, 1.807) is 0 Å². The molecule has 0 fully saturated rings. The van der Waals surface area contributed by atoms with Crippen molar-refractivity contribution in [1.29, 1.82) is 0 Å². The first-order chi connectivity index (χ1) is 25.6. The van der Waals surface area contributed by atoms with Crippen LogP contribution >= 0.6 is 0 Å². The summed E-state index contributed by atoms with van der Waals surface area (Å²) in [6.45, 7) is 0. The zero-order valence-corrected chi connectivity index (χ0v) is 29.4. The number of hydrogen-bond donors (Lipinski definition) is 0. The van der Waals surface area contributed by atoms with Gasteiger partial charge in [-0.3, -0.25) is 4.99 Å². The van der Waals surface area contributed by atoms with Gasteiger partial charge in [0.05, 0.1) is 17.4 Å². The standard InChI is InChI=1S/C49H39N3/c1-51-45(38-17-8-4-9-18-38)32-42(34-14-6-3-7-15-34)33-46(51)39-26-22-35(23-27-39)36-24-28-40(29-25-36)47-44-31-30-37-16-12-13-21-43(37)48(44)52(2)49(50-47)41-19-10-5-11-20-41/h3-33,45,49H,1-2H3. The number of fused-ring (bicyclic) bond motifs is 3. The summed E-state index contributed by atoms with van der Waals surface area (Å²) in [6.07, 6.45) is 4.58. The highest BCUT2D eigenvalue weighted by Gasteiger charge is 2.29. The van der Waals surface area contributed by atoms with Gasteiger partial charge in [0.1, 0.15) is 6.17 Å². The Balaban J connectivity index is 1.05. The molecule has 3 nitrogen and oxygen atoms in total. The van der Waals surface area contributed by atoms with Gasteiger partial charge in [0.2, 0.25) is 0 Å². The molecule has 9 rings (SSSR count). The van der Waals surface area contributed by atoms with Crippen LogP contribution in [0.1, 0.15) is 45.6 Å². The van der Waals surface area contributed by atoms with Crippen molar-refractivity contribution in [3.8, 4) is 11.1 Å². The SMILES string of the molecule is CN1C(c2ccc(-c3ccc(C4=NC(c5ccccc5)N(C)c5c4ccc4ccccc54)cc3)cc2)=CC(c2ccccc2)=CC1c1ccccc1. The monoisotopic (exact) mass is 669 g/mol. The van der Waals surface area contributed by atoms with E-state index in [9.17, 15) is 0 Å².